The first-order valence-electron chi connectivity index (χ1n) is 7.69. The summed E-state index contributed by atoms with van der Waals surface area (Å²) >= 11 is 5.88. The Kier molecular flexibility index (Phi) is 5.63. The van der Waals surface area contributed by atoms with E-state index in [2.05, 4.69) is 25.5 Å². The van der Waals surface area contributed by atoms with Gasteiger partial charge in [-0.25, -0.2) is 4.98 Å². The molecule has 0 aliphatic carbocycles. The van der Waals surface area contributed by atoms with Gasteiger partial charge in [-0.2, -0.15) is 4.98 Å². The molecule has 1 saturated heterocycles. The molecule has 1 aliphatic rings. The lowest BCUT2D eigenvalue weighted by Crippen LogP contribution is -2.39. The lowest BCUT2D eigenvalue weighted by molar-refractivity contribution is 0.0398. The van der Waals surface area contributed by atoms with Gasteiger partial charge >= 0.3 is 0 Å². The van der Waals surface area contributed by atoms with Crippen LogP contribution < -0.4 is 10.6 Å². The maximum Gasteiger partial charge on any atom is 0.229 e. The van der Waals surface area contributed by atoms with Gasteiger partial charge in [0, 0.05) is 43.1 Å². The van der Waals surface area contributed by atoms with Crippen molar-refractivity contribution >= 4 is 29.1 Å². The molecule has 1 aromatic carbocycles. The fraction of sp³-hybridized carbons (Fsp3) is 0.375. The number of benzene rings is 1. The highest BCUT2D eigenvalue weighted by Crippen LogP contribution is 2.17. The second kappa shape index (κ2) is 8.10. The van der Waals surface area contributed by atoms with Crippen molar-refractivity contribution in [2.24, 2.45) is 0 Å². The fourth-order valence-corrected chi connectivity index (χ4v) is 2.47. The Bertz CT molecular complexity index is 616. The average molecular weight is 334 g/mol. The van der Waals surface area contributed by atoms with Crippen LogP contribution in [0.3, 0.4) is 0 Å². The summed E-state index contributed by atoms with van der Waals surface area (Å²) in [6.45, 7) is 5.46. The van der Waals surface area contributed by atoms with E-state index in [0.29, 0.717) is 11.0 Å². The molecule has 0 bridgehead atoms. The molecule has 0 spiro atoms. The van der Waals surface area contributed by atoms with Crippen LogP contribution in [0.1, 0.15) is 0 Å². The van der Waals surface area contributed by atoms with Crippen molar-refractivity contribution in [3.8, 4) is 0 Å². The molecule has 7 heteroatoms. The van der Waals surface area contributed by atoms with E-state index in [1.165, 1.54) is 0 Å². The van der Waals surface area contributed by atoms with E-state index in [4.69, 9.17) is 16.3 Å². The highest BCUT2D eigenvalue weighted by atomic mass is 35.5. The number of morpholine rings is 1. The van der Waals surface area contributed by atoms with E-state index in [-0.39, 0.29) is 0 Å². The van der Waals surface area contributed by atoms with Crippen molar-refractivity contribution in [1.82, 2.24) is 14.9 Å². The van der Waals surface area contributed by atoms with Crippen LogP contribution in [0.2, 0.25) is 5.02 Å². The minimum absolute atomic E-state index is 0.559. The van der Waals surface area contributed by atoms with Gasteiger partial charge in [-0.15, -0.1) is 0 Å². The van der Waals surface area contributed by atoms with E-state index >= 15 is 0 Å². The minimum Gasteiger partial charge on any atom is -0.379 e. The van der Waals surface area contributed by atoms with Crippen LogP contribution >= 0.6 is 11.6 Å². The van der Waals surface area contributed by atoms with Gasteiger partial charge in [-0.1, -0.05) is 11.6 Å². The highest BCUT2D eigenvalue weighted by Gasteiger charge is 2.09. The van der Waals surface area contributed by atoms with Gasteiger partial charge in [-0.3, -0.25) is 4.90 Å². The number of anilines is 3. The first-order valence-corrected chi connectivity index (χ1v) is 8.07. The summed E-state index contributed by atoms with van der Waals surface area (Å²) in [4.78, 5) is 11.1. The number of aromatic nitrogens is 2. The molecule has 23 heavy (non-hydrogen) atoms. The molecule has 0 amide bonds. The molecule has 2 N–H and O–H groups in total. The molecule has 2 heterocycles. The van der Waals surface area contributed by atoms with Crippen molar-refractivity contribution in [1.29, 1.82) is 0 Å². The van der Waals surface area contributed by atoms with Gasteiger partial charge in [0.2, 0.25) is 5.95 Å². The second-order valence-corrected chi connectivity index (χ2v) is 5.71. The number of ether oxygens (including phenoxy) is 1. The number of nitrogens with zero attached hydrogens (tertiary/aromatic N) is 3. The van der Waals surface area contributed by atoms with Crippen LogP contribution in [0.25, 0.3) is 0 Å². The topological polar surface area (TPSA) is 62.3 Å². The molecule has 122 valence electrons. The Balaban J connectivity index is 1.51. The highest BCUT2D eigenvalue weighted by molar-refractivity contribution is 6.30. The summed E-state index contributed by atoms with van der Waals surface area (Å²) in [5, 5.41) is 7.20. The van der Waals surface area contributed by atoms with Gasteiger partial charge in [0.15, 0.2) is 0 Å². The first-order chi connectivity index (χ1) is 11.3. The molecule has 0 saturated carbocycles. The number of halogens is 1. The van der Waals surface area contributed by atoms with Crippen LogP contribution in [0.5, 0.6) is 0 Å². The van der Waals surface area contributed by atoms with Crippen molar-refractivity contribution in [3.63, 3.8) is 0 Å². The van der Waals surface area contributed by atoms with E-state index in [9.17, 15) is 0 Å². The quantitative estimate of drug-likeness (QED) is 0.847. The van der Waals surface area contributed by atoms with E-state index in [0.717, 1.165) is 50.9 Å². The van der Waals surface area contributed by atoms with Gasteiger partial charge in [0.25, 0.3) is 0 Å². The van der Waals surface area contributed by atoms with Crippen molar-refractivity contribution in [2.75, 3.05) is 50.0 Å². The fourth-order valence-electron chi connectivity index (χ4n) is 2.35. The normalized spacial score (nSPS) is 15.3. The third-order valence-electron chi connectivity index (χ3n) is 3.59. The molecule has 1 aromatic heterocycles. The monoisotopic (exact) mass is 333 g/mol. The Labute approximate surface area is 140 Å². The lowest BCUT2D eigenvalue weighted by atomic mass is 10.3. The summed E-state index contributed by atoms with van der Waals surface area (Å²) in [6, 6.07) is 9.31. The van der Waals surface area contributed by atoms with Crippen LogP contribution in [0.4, 0.5) is 17.5 Å². The SMILES string of the molecule is Clc1ccc(Nc2nccc(NCCN3CCOCC3)n2)cc1. The molecule has 1 fully saturated rings. The molecule has 0 unspecified atom stereocenters. The van der Waals surface area contributed by atoms with Crippen molar-refractivity contribution < 1.29 is 4.74 Å². The third kappa shape index (κ3) is 5.06. The molecule has 0 atom stereocenters. The number of hydrogen-bond donors (Lipinski definition) is 2. The molecule has 2 aromatic rings. The van der Waals surface area contributed by atoms with Crippen LogP contribution in [0, 0.1) is 0 Å². The number of rotatable bonds is 6. The van der Waals surface area contributed by atoms with Crippen LogP contribution in [0.15, 0.2) is 36.5 Å². The van der Waals surface area contributed by atoms with Crippen LogP contribution in [-0.2, 0) is 4.74 Å². The van der Waals surface area contributed by atoms with Gasteiger partial charge in [-0.05, 0) is 30.3 Å². The molecule has 0 radical (unpaired) electrons. The Morgan fingerprint density at radius 2 is 1.91 bits per heavy atom. The summed E-state index contributed by atoms with van der Waals surface area (Å²) in [5.41, 5.74) is 0.903. The summed E-state index contributed by atoms with van der Waals surface area (Å²) in [5.74, 6) is 1.37. The number of nitrogens with one attached hydrogen (secondary N) is 2. The summed E-state index contributed by atoms with van der Waals surface area (Å²) in [7, 11) is 0. The van der Waals surface area contributed by atoms with E-state index < -0.39 is 0 Å². The van der Waals surface area contributed by atoms with Crippen molar-refractivity contribution in [3.05, 3.63) is 41.6 Å². The zero-order valence-electron chi connectivity index (χ0n) is 12.8. The van der Waals surface area contributed by atoms with Crippen molar-refractivity contribution in [2.45, 2.75) is 0 Å². The first kappa shape index (κ1) is 16.0. The summed E-state index contributed by atoms with van der Waals surface area (Å²) in [6.07, 6.45) is 1.74. The number of hydrogen-bond acceptors (Lipinski definition) is 6. The predicted octanol–water partition coefficient (Wildman–Crippen LogP) is 2.62. The Morgan fingerprint density at radius 3 is 2.70 bits per heavy atom. The molecule has 1 aliphatic heterocycles. The van der Waals surface area contributed by atoms with Gasteiger partial charge in [0.1, 0.15) is 5.82 Å². The maximum absolute atomic E-state index is 5.88. The second-order valence-electron chi connectivity index (χ2n) is 5.28. The molecular weight excluding hydrogens is 314 g/mol. The Morgan fingerprint density at radius 1 is 1.13 bits per heavy atom. The average Bonchev–Trinajstić information content (AvgIpc) is 2.58. The zero-order chi connectivity index (χ0) is 15.9. The standard InChI is InChI=1S/C16H20ClN5O/c17-13-1-3-14(4-2-13)20-16-19-6-5-15(21-16)18-7-8-22-9-11-23-12-10-22/h1-6H,7-12H2,(H2,18,19,20,21). The van der Waals surface area contributed by atoms with Crippen LogP contribution in [-0.4, -0.2) is 54.3 Å². The maximum atomic E-state index is 5.88. The minimum atomic E-state index is 0.559. The lowest BCUT2D eigenvalue weighted by Gasteiger charge is -2.26. The van der Waals surface area contributed by atoms with E-state index in [1.54, 1.807) is 6.20 Å². The Hall–Kier alpha value is -1.89. The van der Waals surface area contributed by atoms with Gasteiger partial charge < -0.3 is 15.4 Å². The zero-order valence-corrected chi connectivity index (χ0v) is 13.6. The summed E-state index contributed by atoms with van der Waals surface area (Å²) < 4.78 is 5.34. The largest absolute Gasteiger partial charge is 0.379 e. The predicted molar refractivity (Wildman–Crippen MR) is 92.5 cm³/mol. The molecule has 3 rings (SSSR count). The van der Waals surface area contributed by atoms with Gasteiger partial charge in [0.05, 0.1) is 13.2 Å². The molecular formula is C16H20ClN5O. The third-order valence-corrected chi connectivity index (χ3v) is 3.85. The van der Waals surface area contributed by atoms with E-state index in [1.807, 2.05) is 30.3 Å². The molecule has 6 nitrogen and oxygen atoms in total. The smallest absolute Gasteiger partial charge is 0.229 e.